The first-order chi connectivity index (χ1) is 13.2. The molecule has 0 bridgehead atoms. The number of carbonyl (C=O) groups excluding carboxylic acids is 2. The van der Waals surface area contributed by atoms with E-state index in [4.69, 9.17) is 9.15 Å². The van der Waals surface area contributed by atoms with Crippen molar-refractivity contribution in [1.82, 2.24) is 5.32 Å². The van der Waals surface area contributed by atoms with E-state index >= 15 is 0 Å². The number of ether oxygens (including phenoxy) is 1. The number of rotatable bonds is 4. The Bertz CT molecular complexity index is 848. The third-order valence-electron chi connectivity index (χ3n) is 4.52. The summed E-state index contributed by atoms with van der Waals surface area (Å²) in [4.78, 5) is 25.0. The summed E-state index contributed by atoms with van der Waals surface area (Å²) >= 11 is 0. The monoisotopic (exact) mass is 388 g/mol. The Hall–Kier alpha value is -2.83. The van der Waals surface area contributed by atoms with Gasteiger partial charge in [-0.3, -0.25) is 4.79 Å². The Morgan fingerprint density at radius 1 is 1.25 bits per heavy atom. The lowest BCUT2D eigenvalue weighted by atomic mass is 10.0. The first-order valence-corrected chi connectivity index (χ1v) is 9.34. The Balaban J connectivity index is 1.69. The lowest BCUT2D eigenvalue weighted by molar-refractivity contribution is 0.0497. The number of furan rings is 1. The van der Waals surface area contributed by atoms with Gasteiger partial charge in [0.1, 0.15) is 17.2 Å². The molecular weight excluding hydrogens is 363 g/mol. The molecule has 0 atom stereocenters. The number of halogens is 1. The van der Waals surface area contributed by atoms with Crippen LogP contribution in [-0.2, 0) is 4.74 Å². The molecule has 2 heterocycles. The fraction of sp³-hybridized carbons (Fsp3) is 0.429. The fourth-order valence-electron chi connectivity index (χ4n) is 3.28. The molecule has 0 unspecified atom stereocenters. The molecule has 1 aliphatic rings. The normalized spacial score (nSPS) is 15.4. The van der Waals surface area contributed by atoms with E-state index in [2.05, 4.69) is 10.2 Å². The Morgan fingerprint density at radius 2 is 1.96 bits per heavy atom. The van der Waals surface area contributed by atoms with Gasteiger partial charge < -0.3 is 19.4 Å². The molecule has 0 saturated carbocycles. The molecule has 0 radical (unpaired) electrons. The highest BCUT2D eigenvalue weighted by molar-refractivity contribution is 5.78. The van der Waals surface area contributed by atoms with Crippen LogP contribution in [0.3, 0.4) is 0 Å². The number of amides is 1. The Morgan fingerprint density at radius 3 is 2.57 bits per heavy atom. The second kappa shape index (κ2) is 8.04. The Labute approximate surface area is 163 Å². The number of aldehydes is 1. The first-order valence-electron chi connectivity index (χ1n) is 9.34. The van der Waals surface area contributed by atoms with Crippen LogP contribution in [0.15, 0.2) is 34.7 Å². The predicted octanol–water partition coefficient (Wildman–Crippen LogP) is 4.39. The van der Waals surface area contributed by atoms with E-state index in [1.165, 1.54) is 12.1 Å². The number of nitrogens with zero attached hydrogens (tertiary/aromatic N) is 1. The second-order valence-electron chi connectivity index (χ2n) is 7.89. The minimum Gasteiger partial charge on any atom is -0.453 e. The number of hydrogen-bond acceptors (Lipinski definition) is 5. The van der Waals surface area contributed by atoms with Crippen molar-refractivity contribution in [3.63, 3.8) is 0 Å². The van der Waals surface area contributed by atoms with E-state index in [-0.39, 0.29) is 17.6 Å². The molecule has 0 spiro atoms. The van der Waals surface area contributed by atoms with Crippen LogP contribution in [0, 0.1) is 5.82 Å². The smallest absolute Gasteiger partial charge is 0.407 e. The molecular formula is C21H25FN2O4. The molecule has 1 N–H and O–H groups in total. The second-order valence-corrected chi connectivity index (χ2v) is 7.89. The zero-order valence-electron chi connectivity index (χ0n) is 16.3. The van der Waals surface area contributed by atoms with E-state index in [9.17, 15) is 14.0 Å². The number of nitrogens with one attached hydrogen (secondary N) is 1. The van der Waals surface area contributed by atoms with Crippen molar-refractivity contribution in [3.8, 4) is 11.3 Å². The highest BCUT2D eigenvalue weighted by atomic mass is 19.1. The SMILES string of the molecule is CC(C)(C)OC(=O)NC1CCN(c2ccc(F)cc2-c2ccc(C=O)o2)CC1. The van der Waals surface area contributed by atoms with Crippen LogP contribution in [0.2, 0.25) is 0 Å². The number of hydrogen-bond donors (Lipinski definition) is 1. The van der Waals surface area contributed by atoms with Crippen molar-refractivity contribution < 1.29 is 23.1 Å². The van der Waals surface area contributed by atoms with Crippen molar-refractivity contribution >= 4 is 18.1 Å². The highest BCUT2D eigenvalue weighted by Gasteiger charge is 2.25. The minimum absolute atomic E-state index is 0.0280. The quantitative estimate of drug-likeness (QED) is 0.787. The number of benzene rings is 1. The molecule has 0 aliphatic carbocycles. The van der Waals surface area contributed by atoms with Crippen molar-refractivity contribution in [2.75, 3.05) is 18.0 Å². The Kier molecular flexibility index (Phi) is 5.72. The van der Waals surface area contributed by atoms with Gasteiger partial charge in [0.2, 0.25) is 0 Å². The van der Waals surface area contributed by atoms with Gasteiger partial charge in [0.15, 0.2) is 12.0 Å². The van der Waals surface area contributed by atoms with Crippen molar-refractivity contribution in [3.05, 3.63) is 41.9 Å². The molecule has 1 aromatic carbocycles. The summed E-state index contributed by atoms with van der Waals surface area (Å²) in [6, 6.07) is 7.80. The number of carbonyl (C=O) groups is 2. The molecule has 150 valence electrons. The summed E-state index contributed by atoms with van der Waals surface area (Å²) in [6.07, 6.45) is 1.70. The van der Waals surface area contributed by atoms with E-state index in [1.54, 1.807) is 18.2 Å². The van der Waals surface area contributed by atoms with Gasteiger partial charge in [-0.1, -0.05) is 0 Å². The summed E-state index contributed by atoms with van der Waals surface area (Å²) in [5, 5.41) is 2.91. The molecule has 7 heteroatoms. The maximum atomic E-state index is 13.8. The van der Waals surface area contributed by atoms with Gasteiger partial charge in [-0.15, -0.1) is 0 Å². The largest absolute Gasteiger partial charge is 0.453 e. The zero-order valence-corrected chi connectivity index (χ0v) is 16.3. The van der Waals surface area contributed by atoms with Gasteiger partial charge in [-0.2, -0.15) is 0 Å². The molecule has 2 aromatic rings. The highest BCUT2D eigenvalue weighted by Crippen LogP contribution is 2.34. The molecule has 6 nitrogen and oxygen atoms in total. The average molecular weight is 388 g/mol. The maximum Gasteiger partial charge on any atom is 0.407 e. The molecule has 28 heavy (non-hydrogen) atoms. The van der Waals surface area contributed by atoms with Gasteiger partial charge in [0.25, 0.3) is 0 Å². The van der Waals surface area contributed by atoms with Gasteiger partial charge in [0, 0.05) is 30.4 Å². The van der Waals surface area contributed by atoms with E-state index in [0.29, 0.717) is 30.7 Å². The standard InChI is InChI=1S/C21H25FN2O4/c1-21(2,3)28-20(26)23-15-8-10-24(11-9-15)18-6-4-14(22)12-17(18)19-7-5-16(13-25)27-19/h4-7,12-13,15H,8-11H2,1-3H3,(H,23,26). The summed E-state index contributed by atoms with van der Waals surface area (Å²) in [7, 11) is 0. The summed E-state index contributed by atoms with van der Waals surface area (Å²) in [5.74, 6) is 0.278. The van der Waals surface area contributed by atoms with E-state index in [1.807, 2.05) is 20.8 Å². The average Bonchev–Trinajstić information content (AvgIpc) is 3.10. The topological polar surface area (TPSA) is 71.8 Å². The summed E-state index contributed by atoms with van der Waals surface area (Å²) in [5.41, 5.74) is 0.910. The van der Waals surface area contributed by atoms with Crippen LogP contribution in [0.25, 0.3) is 11.3 Å². The van der Waals surface area contributed by atoms with Crippen LogP contribution >= 0.6 is 0 Å². The lowest BCUT2D eigenvalue weighted by Crippen LogP contribution is -2.46. The molecule has 1 fully saturated rings. The van der Waals surface area contributed by atoms with E-state index < -0.39 is 11.7 Å². The van der Waals surface area contributed by atoms with Gasteiger partial charge in [-0.05, 0) is 63.9 Å². The van der Waals surface area contributed by atoms with Crippen LogP contribution in [-0.4, -0.2) is 37.1 Å². The third-order valence-corrected chi connectivity index (χ3v) is 4.52. The maximum absolute atomic E-state index is 13.8. The number of anilines is 1. The first kappa shape index (κ1) is 19.9. The molecule has 1 aromatic heterocycles. The minimum atomic E-state index is -0.531. The van der Waals surface area contributed by atoms with Crippen molar-refractivity contribution in [2.24, 2.45) is 0 Å². The molecule has 1 amide bonds. The molecule has 1 aliphatic heterocycles. The van der Waals surface area contributed by atoms with E-state index in [0.717, 1.165) is 18.5 Å². The summed E-state index contributed by atoms with van der Waals surface area (Å²) < 4.78 is 24.6. The molecule has 1 saturated heterocycles. The van der Waals surface area contributed by atoms with Gasteiger partial charge in [-0.25, -0.2) is 9.18 Å². The summed E-state index contributed by atoms with van der Waals surface area (Å²) in [6.45, 7) is 6.88. The third kappa shape index (κ3) is 4.91. The van der Waals surface area contributed by atoms with Crippen LogP contribution < -0.4 is 10.2 Å². The molecule has 3 rings (SSSR count). The van der Waals surface area contributed by atoms with Crippen LogP contribution in [0.1, 0.15) is 44.2 Å². The van der Waals surface area contributed by atoms with Crippen LogP contribution in [0.5, 0.6) is 0 Å². The van der Waals surface area contributed by atoms with Crippen molar-refractivity contribution in [2.45, 2.75) is 45.3 Å². The fourth-order valence-corrected chi connectivity index (χ4v) is 3.28. The number of piperidine rings is 1. The van der Waals surface area contributed by atoms with Gasteiger partial charge >= 0.3 is 6.09 Å². The van der Waals surface area contributed by atoms with Crippen molar-refractivity contribution in [1.29, 1.82) is 0 Å². The predicted molar refractivity (Wildman–Crippen MR) is 104 cm³/mol. The zero-order chi connectivity index (χ0) is 20.3. The van der Waals surface area contributed by atoms with Crippen LogP contribution in [0.4, 0.5) is 14.9 Å². The number of alkyl carbamates (subject to hydrolysis) is 1. The van der Waals surface area contributed by atoms with Gasteiger partial charge in [0.05, 0.1) is 0 Å². The lowest BCUT2D eigenvalue weighted by Gasteiger charge is -2.35.